The van der Waals surface area contributed by atoms with Crippen molar-refractivity contribution in [2.75, 3.05) is 4.90 Å². The first kappa shape index (κ1) is 13.5. The van der Waals surface area contributed by atoms with E-state index in [2.05, 4.69) is 31.7 Å². The summed E-state index contributed by atoms with van der Waals surface area (Å²) in [6.45, 7) is 2.79. The summed E-state index contributed by atoms with van der Waals surface area (Å²) >= 11 is 6.75. The molecular formula is C14H16N4S2. The molecule has 4 nitrogen and oxygen atoms in total. The second-order valence-corrected chi connectivity index (χ2v) is 6.27. The van der Waals surface area contributed by atoms with Crippen molar-refractivity contribution in [2.24, 2.45) is 5.73 Å². The van der Waals surface area contributed by atoms with Gasteiger partial charge in [0.15, 0.2) is 0 Å². The third-order valence-corrected chi connectivity index (χ3v) is 4.21. The first-order chi connectivity index (χ1) is 9.63. The predicted molar refractivity (Wildman–Crippen MR) is 86.2 cm³/mol. The van der Waals surface area contributed by atoms with Crippen LogP contribution >= 0.6 is 23.6 Å². The minimum Gasteiger partial charge on any atom is -0.388 e. The Hall–Kier alpha value is -1.53. The number of nitrogens with zero attached hydrogens (tertiary/aromatic N) is 3. The minimum atomic E-state index is 0.322. The molecule has 0 unspecified atom stereocenters. The lowest BCUT2D eigenvalue weighted by atomic mass is 10.3. The van der Waals surface area contributed by atoms with Gasteiger partial charge in [0.05, 0.1) is 0 Å². The lowest BCUT2D eigenvalue weighted by Crippen LogP contribution is -2.28. The van der Waals surface area contributed by atoms with E-state index in [-0.39, 0.29) is 0 Å². The van der Waals surface area contributed by atoms with E-state index in [1.165, 1.54) is 18.4 Å². The Balaban J connectivity index is 1.93. The second kappa shape index (κ2) is 5.46. The molecule has 0 saturated heterocycles. The molecule has 0 spiro atoms. The highest BCUT2D eigenvalue weighted by atomic mass is 32.1. The lowest BCUT2D eigenvalue weighted by Gasteiger charge is -2.22. The van der Waals surface area contributed by atoms with Crippen molar-refractivity contribution < 1.29 is 0 Å². The minimum absolute atomic E-state index is 0.322. The number of hydrogen-bond donors (Lipinski definition) is 1. The normalized spacial score (nSPS) is 14.2. The van der Waals surface area contributed by atoms with Gasteiger partial charge in [-0.2, -0.15) is 11.3 Å². The van der Waals surface area contributed by atoms with E-state index < -0.39 is 0 Å². The monoisotopic (exact) mass is 304 g/mol. The molecule has 2 heterocycles. The fourth-order valence-electron chi connectivity index (χ4n) is 2.14. The molecule has 0 amide bonds. The van der Waals surface area contributed by atoms with Crippen LogP contribution < -0.4 is 10.6 Å². The van der Waals surface area contributed by atoms with Crippen LogP contribution in [0.4, 0.5) is 5.95 Å². The van der Waals surface area contributed by atoms with Crippen LogP contribution in [0.25, 0.3) is 0 Å². The molecule has 2 N–H and O–H groups in total. The fourth-order valence-corrected chi connectivity index (χ4v) is 2.90. The number of aromatic nitrogens is 2. The highest BCUT2D eigenvalue weighted by molar-refractivity contribution is 7.80. The number of thiocarbonyl (C=S) groups is 1. The molecule has 0 radical (unpaired) electrons. The molecule has 6 heteroatoms. The highest BCUT2D eigenvalue weighted by Crippen LogP contribution is 2.31. The zero-order chi connectivity index (χ0) is 14.1. The molecule has 1 saturated carbocycles. The quantitative estimate of drug-likeness (QED) is 0.861. The maximum atomic E-state index is 5.70. The Morgan fingerprint density at radius 2 is 2.30 bits per heavy atom. The van der Waals surface area contributed by atoms with E-state index in [0.29, 0.717) is 16.7 Å². The van der Waals surface area contributed by atoms with Crippen molar-refractivity contribution in [1.82, 2.24) is 9.97 Å². The van der Waals surface area contributed by atoms with Crippen molar-refractivity contribution in [2.45, 2.75) is 32.4 Å². The van der Waals surface area contributed by atoms with Crippen LogP contribution in [0.2, 0.25) is 0 Å². The Bertz CT molecular complexity index is 620. The zero-order valence-electron chi connectivity index (χ0n) is 11.2. The van der Waals surface area contributed by atoms with E-state index in [4.69, 9.17) is 18.0 Å². The van der Waals surface area contributed by atoms with Crippen molar-refractivity contribution in [3.05, 3.63) is 39.8 Å². The lowest BCUT2D eigenvalue weighted by molar-refractivity contribution is 0.756. The molecule has 104 valence electrons. The van der Waals surface area contributed by atoms with Gasteiger partial charge in [0.2, 0.25) is 5.95 Å². The van der Waals surface area contributed by atoms with E-state index in [1.54, 1.807) is 11.3 Å². The van der Waals surface area contributed by atoms with Gasteiger partial charge in [0.25, 0.3) is 0 Å². The Morgan fingerprint density at radius 3 is 2.90 bits per heavy atom. The maximum Gasteiger partial charge on any atom is 0.226 e. The van der Waals surface area contributed by atoms with Crippen LogP contribution in [0.3, 0.4) is 0 Å². The smallest absolute Gasteiger partial charge is 0.226 e. The summed E-state index contributed by atoms with van der Waals surface area (Å²) in [5.74, 6) is 0.738. The molecule has 0 aromatic carbocycles. The van der Waals surface area contributed by atoms with Gasteiger partial charge in [-0.1, -0.05) is 12.2 Å². The number of rotatable bonds is 5. The SMILES string of the molecule is Cc1cc(C(N)=S)nc(N(Cc2ccsc2)C2CC2)n1. The summed E-state index contributed by atoms with van der Waals surface area (Å²) in [4.78, 5) is 11.7. The van der Waals surface area contributed by atoms with Crippen LogP contribution in [-0.2, 0) is 6.54 Å². The zero-order valence-corrected chi connectivity index (χ0v) is 12.9. The molecule has 1 fully saturated rings. The highest BCUT2D eigenvalue weighted by Gasteiger charge is 2.31. The third-order valence-electron chi connectivity index (χ3n) is 3.27. The second-order valence-electron chi connectivity index (χ2n) is 5.05. The summed E-state index contributed by atoms with van der Waals surface area (Å²) in [6.07, 6.45) is 2.40. The molecule has 2 aromatic rings. The Kier molecular flexibility index (Phi) is 3.67. The summed E-state index contributed by atoms with van der Waals surface area (Å²) in [5, 5.41) is 4.26. The average molecular weight is 304 g/mol. The van der Waals surface area contributed by atoms with Crippen LogP contribution in [0.1, 0.15) is 29.8 Å². The van der Waals surface area contributed by atoms with Crippen molar-refractivity contribution in [1.29, 1.82) is 0 Å². The van der Waals surface area contributed by atoms with Crippen LogP contribution in [-0.4, -0.2) is 21.0 Å². The van der Waals surface area contributed by atoms with Crippen molar-refractivity contribution >= 4 is 34.5 Å². The van der Waals surface area contributed by atoms with Gasteiger partial charge < -0.3 is 10.6 Å². The standard InChI is InChI=1S/C14H16N4S2/c1-9-6-12(13(15)19)17-14(16-9)18(11-2-3-11)7-10-4-5-20-8-10/h4-6,8,11H,2-3,7H2,1H3,(H2,15,19). The Labute approximate surface area is 127 Å². The molecule has 0 aliphatic heterocycles. The first-order valence-corrected chi connectivity index (χ1v) is 7.92. The van der Waals surface area contributed by atoms with Gasteiger partial charge in [-0.3, -0.25) is 0 Å². The van der Waals surface area contributed by atoms with Crippen molar-refractivity contribution in [3.8, 4) is 0 Å². The van der Waals surface area contributed by atoms with Gasteiger partial charge in [-0.05, 0) is 48.2 Å². The summed E-state index contributed by atoms with van der Waals surface area (Å²) in [5.41, 5.74) is 8.55. The summed E-state index contributed by atoms with van der Waals surface area (Å²) < 4.78 is 0. The van der Waals surface area contributed by atoms with E-state index in [1.807, 2.05) is 13.0 Å². The molecule has 3 rings (SSSR count). The largest absolute Gasteiger partial charge is 0.388 e. The summed E-state index contributed by atoms with van der Waals surface area (Å²) in [7, 11) is 0. The molecular weight excluding hydrogens is 288 g/mol. The molecule has 1 aliphatic rings. The number of thiophene rings is 1. The van der Waals surface area contributed by atoms with E-state index in [9.17, 15) is 0 Å². The third kappa shape index (κ3) is 2.96. The maximum absolute atomic E-state index is 5.70. The first-order valence-electron chi connectivity index (χ1n) is 6.56. The molecule has 0 bridgehead atoms. The fraction of sp³-hybridized carbons (Fsp3) is 0.357. The number of anilines is 1. The van der Waals surface area contributed by atoms with E-state index >= 15 is 0 Å². The van der Waals surface area contributed by atoms with Gasteiger partial charge in [-0.15, -0.1) is 0 Å². The molecule has 0 atom stereocenters. The van der Waals surface area contributed by atoms with Gasteiger partial charge in [-0.25, -0.2) is 9.97 Å². The van der Waals surface area contributed by atoms with Gasteiger partial charge in [0.1, 0.15) is 10.7 Å². The summed E-state index contributed by atoms with van der Waals surface area (Å²) in [6, 6.07) is 4.52. The number of hydrogen-bond acceptors (Lipinski definition) is 5. The van der Waals surface area contributed by atoms with Gasteiger partial charge in [0, 0.05) is 18.3 Å². The van der Waals surface area contributed by atoms with E-state index in [0.717, 1.165) is 18.2 Å². The molecule has 2 aromatic heterocycles. The predicted octanol–water partition coefficient (Wildman–Crippen LogP) is 2.65. The topological polar surface area (TPSA) is 55.0 Å². The Morgan fingerprint density at radius 1 is 1.50 bits per heavy atom. The number of aryl methyl sites for hydroxylation is 1. The van der Waals surface area contributed by atoms with Gasteiger partial charge >= 0.3 is 0 Å². The number of nitrogens with two attached hydrogens (primary N) is 1. The van der Waals surface area contributed by atoms with Crippen LogP contribution in [0.15, 0.2) is 22.9 Å². The van der Waals surface area contributed by atoms with Crippen molar-refractivity contribution in [3.63, 3.8) is 0 Å². The molecule has 1 aliphatic carbocycles. The molecule has 20 heavy (non-hydrogen) atoms. The van der Waals surface area contributed by atoms with Crippen LogP contribution in [0, 0.1) is 6.92 Å². The average Bonchev–Trinajstić information content (AvgIpc) is 3.12. The van der Waals surface area contributed by atoms with Crippen LogP contribution in [0.5, 0.6) is 0 Å².